The second-order valence-corrected chi connectivity index (χ2v) is 4.47. The van der Waals surface area contributed by atoms with Gasteiger partial charge < -0.3 is 9.52 Å². The van der Waals surface area contributed by atoms with Crippen LogP contribution in [0.25, 0.3) is 28.1 Å². The smallest absolute Gasteiger partial charge is 0.335 e. The van der Waals surface area contributed by atoms with Crippen LogP contribution in [0.2, 0.25) is 0 Å². The van der Waals surface area contributed by atoms with E-state index in [2.05, 4.69) is 15.1 Å². The average Bonchev–Trinajstić information content (AvgIpc) is 3.09. The zero-order chi connectivity index (χ0) is 14.4. The molecule has 0 aliphatic carbocycles. The molecule has 0 spiro atoms. The Balaban J connectivity index is 1.92. The molecular weight excluding hydrogens is 272 g/mol. The highest BCUT2D eigenvalue weighted by Gasteiger charge is 2.14. The van der Waals surface area contributed by atoms with E-state index in [1.54, 1.807) is 35.4 Å². The molecule has 0 aliphatic rings. The second kappa shape index (κ2) is 4.14. The van der Waals surface area contributed by atoms with Crippen LogP contribution >= 0.6 is 0 Å². The van der Waals surface area contributed by atoms with Crippen molar-refractivity contribution in [1.82, 2.24) is 19.6 Å². The fraction of sp³-hybridized carbons (Fsp3) is 0. The maximum absolute atomic E-state index is 11.0. The number of benzene rings is 1. The number of rotatable bonds is 2. The van der Waals surface area contributed by atoms with Gasteiger partial charge >= 0.3 is 5.97 Å². The third-order valence-electron chi connectivity index (χ3n) is 3.19. The van der Waals surface area contributed by atoms with Gasteiger partial charge in [-0.15, -0.1) is 0 Å². The molecule has 102 valence electrons. The van der Waals surface area contributed by atoms with Crippen LogP contribution in [0, 0.1) is 0 Å². The Kier molecular flexibility index (Phi) is 2.28. The van der Waals surface area contributed by atoms with Crippen molar-refractivity contribution in [3.63, 3.8) is 0 Å². The van der Waals surface area contributed by atoms with Crippen molar-refractivity contribution in [2.24, 2.45) is 0 Å². The lowest BCUT2D eigenvalue weighted by atomic mass is 10.2. The molecule has 0 saturated carbocycles. The summed E-state index contributed by atoms with van der Waals surface area (Å²) in [4.78, 5) is 19.4. The van der Waals surface area contributed by atoms with E-state index in [-0.39, 0.29) is 5.56 Å². The highest BCUT2D eigenvalue weighted by Crippen LogP contribution is 2.27. The van der Waals surface area contributed by atoms with Crippen molar-refractivity contribution in [2.45, 2.75) is 0 Å². The average molecular weight is 280 g/mol. The molecule has 0 atom stereocenters. The summed E-state index contributed by atoms with van der Waals surface area (Å²) in [5, 5.41) is 13.2. The van der Waals surface area contributed by atoms with Crippen molar-refractivity contribution in [2.75, 3.05) is 0 Å². The number of fused-ring (bicyclic) bond motifs is 2. The van der Waals surface area contributed by atoms with Gasteiger partial charge in [-0.3, -0.25) is 4.98 Å². The summed E-state index contributed by atoms with van der Waals surface area (Å²) < 4.78 is 7.32. The summed E-state index contributed by atoms with van der Waals surface area (Å²) in [5.41, 5.74) is 2.65. The molecule has 1 N–H and O–H groups in total. The van der Waals surface area contributed by atoms with Gasteiger partial charge in [-0.1, -0.05) is 0 Å². The van der Waals surface area contributed by atoms with E-state index >= 15 is 0 Å². The number of aromatic nitrogens is 4. The lowest BCUT2D eigenvalue weighted by Crippen LogP contribution is -1.94. The van der Waals surface area contributed by atoms with E-state index in [1.165, 1.54) is 12.1 Å². The van der Waals surface area contributed by atoms with Crippen molar-refractivity contribution >= 4 is 22.6 Å². The molecule has 1 aromatic carbocycles. The summed E-state index contributed by atoms with van der Waals surface area (Å²) in [7, 11) is 0. The lowest BCUT2D eigenvalue weighted by Gasteiger charge is -1.92. The first-order chi connectivity index (χ1) is 10.2. The Morgan fingerprint density at radius 1 is 1.29 bits per heavy atom. The summed E-state index contributed by atoms with van der Waals surface area (Å²) in [6.07, 6.45) is 6.67. The molecule has 4 aromatic rings. The lowest BCUT2D eigenvalue weighted by molar-refractivity contribution is 0.0697. The molecule has 0 radical (unpaired) electrons. The molecule has 0 fully saturated rings. The normalized spacial score (nSPS) is 11.2. The summed E-state index contributed by atoms with van der Waals surface area (Å²) >= 11 is 0. The van der Waals surface area contributed by atoms with Crippen LogP contribution in [0.3, 0.4) is 0 Å². The largest absolute Gasteiger partial charge is 0.478 e. The number of carboxylic acids is 1. The maximum Gasteiger partial charge on any atom is 0.335 e. The first kappa shape index (κ1) is 11.6. The van der Waals surface area contributed by atoms with Crippen molar-refractivity contribution in [3.8, 4) is 11.5 Å². The van der Waals surface area contributed by atoms with E-state index in [4.69, 9.17) is 9.52 Å². The van der Waals surface area contributed by atoms with E-state index < -0.39 is 5.97 Å². The summed E-state index contributed by atoms with van der Waals surface area (Å²) in [6, 6.07) is 4.57. The Morgan fingerprint density at radius 3 is 3.05 bits per heavy atom. The van der Waals surface area contributed by atoms with Crippen LogP contribution < -0.4 is 0 Å². The quantitative estimate of drug-likeness (QED) is 0.605. The van der Waals surface area contributed by atoms with Crippen molar-refractivity contribution < 1.29 is 14.3 Å². The molecule has 0 saturated heterocycles. The number of hydrogen-bond acceptors (Lipinski definition) is 5. The van der Waals surface area contributed by atoms with Crippen LogP contribution in [-0.2, 0) is 0 Å². The topological polar surface area (TPSA) is 93.5 Å². The Labute approximate surface area is 117 Å². The van der Waals surface area contributed by atoms with Gasteiger partial charge in [0.05, 0.1) is 29.0 Å². The van der Waals surface area contributed by atoms with Crippen molar-refractivity contribution in [3.05, 3.63) is 48.5 Å². The van der Waals surface area contributed by atoms with E-state index in [0.717, 1.165) is 5.52 Å². The van der Waals surface area contributed by atoms with Gasteiger partial charge in [0.15, 0.2) is 5.58 Å². The predicted octanol–water partition coefficient (Wildman–Crippen LogP) is 2.24. The van der Waals surface area contributed by atoms with Gasteiger partial charge in [0.25, 0.3) is 0 Å². The molecule has 3 heterocycles. The van der Waals surface area contributed by atoms with Gasteiger partial charge in [0.1, 0.15) is 5.52 Å². The SMILES string of the molecule is O=C(O)c1ccc2nc(-c3cnn4ccncc34)oc2c1. The van der Waals surface area contributed by atoms with Crippen LogP contribution in [0.15, 0.2) is 47.4 Å². The fourth-order valence-corrected chi connectivity index (χ4v) is 2.17. The molecule has 7 heteroatoms. The highest BCUT2D eigenvalue weighted by molar-refractivity contribution is 5.92. The minimum atomic E-state index is -1.00. The Morgan fingerprint density at radius 2 is 2.19 bits per heavy atom. The molecule has 0 aliphatic heterocycles. The number of carboxylic acid groups (broad SMARTS) is 1. The van der Waals surface area contributed by atoms with Gasteiger partial charge in [0, 0.05) is 12.4 Å². The first-order valence-electron chi connectivity index (χ1n) is 6.14. The monoisotopic (exact) mass is 280 g/mol. The molecule has 21 heavy (non-hydrogen) atoms. The highest BCUT2D eigenvalue weighted by atomic mass is 16.4. The molecular formula is C14H8N4O3. The van der Waals surface area contributed by atoms with E-state index in [1.807, 2.05) is 0 Å². The summed E-state index contributed by atoms with van der Waals surface area (Å²) in [6.45, 7) is 0. The van der Waals surface area contributed by atoms with E-state index in [0.29, 0.717) is 22.6 Å². The fourth-order valence-electron chi connectivity index (χ4n) is 2.17. The van der Waals surface area contributed by atoms with Gasteiger partial charge in [-0.2, -0.15) is 5.10 Å². The van der Waals surface area contributed by atoms with Crippen LogP contribution in [0.4, 0.5) is 0 Å². The molecule has 0 bridgehead atoms. The number of oxazole rings is 1. The van der Waals surface area contributed by atoms with Crippen LogP contribution in [0.1, 0.15) is 10.4 Å². The molecule has 7 nitrogen and oxygen atoms in total. The zero-order valence-corrected chi connectivity index (χ0v) is 10.6. The van der Waals surface area contributed by atoms with Crippen LogP contribution in [-0.4, -0.2) is 30.7 Å². The Hall–Kier alpha value is -3.22. The molecule has 3 aromatic heterocycles. The number of carbonyl (C=O) groups is 1. The minimum Gasteiger partial charge on any atom is -0.478 e. The maximum atomic E-state index is 11.0. The third-order valence-corrected chi connectivity index (χ3v) is 3.19. The second-order valence-electron chi connectivity index (χ2n) is 4.47. The van der Waals surface area contributed by atoms with E-state index in [9.17, 15) is 4.79 Å². The molecule has 0 amide bonds. The number of hydrogen-bond donors (Lipinski definition) is 1. The number of aromatic carboxylic acids is 1. The zero-order valence-electron chi connectivity index (χ0n) is 10.6. The van der Waals surface area contributed by atoms with Gasteiger partial charge in [0.2, 0.25) is 5.89 Å². The minimum absolute atomic E-state index is 0.159. The van der Waals surface area contributed by atoms with Crippen molar-refractivity contribution in [1.29, 1.82) is 0 Å². The Bertz CT molecular complexity index is 986. The number of nitrogens with zero attached hydrogens (tertiary/aromatic N) is 4. The first-order valence-corrected chi connectivity index (χ1v) is 6.14. The predicted molar refractivity (Wildman–Crippen MR) is 72.9 cm³/mol. The molecule has 4 rings (SSSR count). The third kappa shape index (κ3) is 1.75. The molecule has 0 unspecified atom stereocenters. The van der Waals surface area contributed by atoms with Crippen LogP contribution in [0.5, 0.6) is 0 Å². The van der Waals surface area contributed by atoms with Gasteiger partial charge in [-0.05, 0) is 18.2 Å². The summed E-state index contributed by atoms with van der Waals surface area (Å²) in [5.74, 6) is -0.620. The van der Waals surface area contributed by atoms with Gasteiger partial charge in [-0.25, -0.2) is 14.3 Å². The standard InChI is InChI=1S/C14H8N4O3/c19-14(20)8-1-2-10-12(5-8)21-13(17-10)9-6-16-18-4-3-15-7-11(9)18/h1-7H,(H,19,20).